The minimum Gasteiger partial charge on any atom is -0.504 e. The second-order valence-electron chi connectivity index (χ2n) is 4.65. The molecule has 1 heterocycles. The van der Waals surface area contributed by atoms with Gasteiger partial charge in [0.05, 0.1) is 18.3 Å². The maximum atomic E-state index is 13.9. The second-order valence-corrected chi connectivity index (χ2v) is 5.09. The lowest BCUT2D eigenvalue weighted by atomic mass is 10.1. The first-order valence-electron chi connectivity index (χ1n) is 6.46. The predicted molar refractivity (Wildman–Crippen MR) is 84.7 cm³/mol. The molecule has 0 saturated heterocycles. The van der Waals surface area contributed by atoms with Crippen LogP contribution in [0.3, 0.4) is 0 Å². The smallest absolute Gasteiger partial charge is 0.161 e. The molecule has 0 radical (unpaired) electrons. The maximum absolute atomic E-state index is 13.9. The zero-order valence-electron chi connectivity index (χ0n) is 11.6. The fourth-order valence-corrected chi connectivity index (χ4v) is 2.33. The van der Waals surface area contributed by atoms with Crippen LogP contribution < -0.4 is 10.1 Å². The molecule has 4 nitrogen and oxygen atoms in total. The van der Waals surface area contributed by atoms with Crippen molar-refractivity contribution in [2.45, 2.75) is 0 Å². The van der Waals surface area contributed by atoms with E-state index in [-0.39, 0.29) is 5.75 Å². The Morgan fingerprint density at radius 1 is 1.18 bits per heavy atom. The fourth-order valence-electron chi connectivity index (χ4n) is 2.17. The highest BCUT2D eigenvalue weighted by atomic mass is 35.5. The Morgan fingerprint density at radius 3 is 2.73 bits per heavy atom. The van der Waals surface area contributed by atoms with Gasteiger partial charge in [-0.05, 0) is 30.3 Å². The summed E-state index contributed by atoms with van der Waals surface area (Å²) in [6, 6.07) is 9.25. The van der Waals surface area contributed by atoms with Gasteiger partial charge in [0.25, 0.3) is 0 Å². The van der Waals surface area contributed by atoms with Crippen molar-refractivity contribution in [3.8, 4) is 11.5 Å². The number of hydrogen-bond acceptors (Lipinski definition) is 4. The van der Waals surface area contributed by atoms with E-state index >= 15 is 0 Å². The van der Waals surface area contributed by atoms with Crippen LogP contribution in [0.5, 0.6) is 11.5 Å². The number of benzene rings is 2. The molecule has 0 amide bonds. The van der Waals surface area contributed by atoms with Crippen LogP contribution in [-0.4, -0.2) is 17.2 Å². The largest absolute Gasteiger partial charge is 0.504 e. The number of ether oxygens (including phenoxy) is 1. The summed E-state index contributed by atoms with van der Waals surface area (Å²) in [5.74, 6) is -0.138. The molecule has 0 atom stereocenters. The van der Waals surface area contributed by atoms with Gasteiger partial charge in [0, 0.05) is 28.4 Å². The number of pyridine rings is 1. The number of aromatic nitrogens is 1. The molecule has 1 aromatic heterocycles. The van der Waals surface area contributed by atoms with Gasteiger partial charge in [0.15, 0.2) is 11.5 Å². The van der Waals surface area contributed by atoms with E-state index in [1.165, 1.54) is 19.2 Å². The van der Waals surface area contributed by atoms with Gasteiger partial charge in [-0.25, -0.2) is 4.39 Å². The number of fused-ring (bicyclic) bond motifs is 1. The summed E-state index contributed by atoms with van der Waals surface area (Å²) in [5, 5.41) is 13.8. The summed E-state index contributed by atoms with van der Waals surface area (Å²) >= 11 is 5.75. The number of halogens is 2. The van der Waals surface area contributed by atoms with E-state index in [2.05, 4.69) is 10.3 Å². The quantitative estimate of drug-likeness (QED) is 0.747. The van der Waals surface area contributed by atoms with E-state index < -0.39 is 5.82 Å². The summed E-state index contributed by atoms with van der Waals surface area (Å²) in [5.41, 5.74) is 1.51. The average Bonchev–Trinajstić information content (AvgIpc) is 2.49. The number of aromatic hydroxyl groups is 1. The van der Waals surface area contributed by atoms with E-state index in [0.29, 0.717) is 33.0 Å². The molecule has 0 spiro atoms. The molecule has 3 aromatic rings. The van der Waals surface area contributed by atoms with Crippen molar-refractivity contribution in [1.82, 2.24) is 4.98 Å². The minimum absolute atomic E-state index is 0.00248. The van der Waals surface area contributed by atoms with Crippen LogP contribution in [0.25, 0.3) is 10.9 Å². The van der Waals surface area contributed by atoms with Crippen LogP contribution in [0, 0.1) is 5.82 Å². The zero-order valence-corrected chi connectivity index (χ0v) is 12.4. The first-order chi connectivity index (χ1) is 10.6. The second kappa shape index (κ2) is 5.69. The molecule has 6 heteroatoms. The molecule has 112 valence electrons. The summed E-state index contributed by atoms with van der Waals surface area (Å²) in [4.78, 5) is 4.19. The van der Waals surface area contributed by atoms with Gasteiger partial charge >= 0.3 is 0 Å². The topological polar surface area (TPSA) is 54.4 Å². The molecule has 0 aliphatic carbocycles. The number of hydrogen-bond donors (Lipinski definition) is 2. The third-order valence-electron chi connectivity index (χ3n) is 3.24. The van der Waals surface area contributed by atoms with Gasteiger partial charge in [-0.3, -0.25) is 4.98 Å². The Kier molecular flexibility index (Phi) is 3.73. The molecular formula is C16H12ClFN2O2. The lowest BCUT2D eigenvalue weighted by Gasteiger charge is -2.12. The number of rotatable bonds is 3. The summed E-state index contributed by atoms with van der Waals surface area (Å²) in [6.45, 7) is 0. The van der Waals surface area contributed by atoms with Crippen molar-refractivity contribution < 1.29 is 14.2 Å². The van der Waals surface area contributed by atoms with Crippen molar-refractivity contribution in [2.75, 3.05) is 12.4 Å². The number of phenolic OH excluding ortho intramolecular Hbond substituents is 1. The van der Waals surface area contributed by atoms with Crippen molar-refractivity contribution in [3.05, 3.63) is 53.4 Å². The molecule has 2 aromatic carbocycles. The van der Waals surface area contributed by atoms with Crippen molar-refractivity contribution in [3.63, 3.8) is 0 Å². The average molecular weight is 319 g/mol. The maximum Gasteiger partial charge on any atom is 0.161 e. The third kappa shape index (κ3) is 2.63. The van der Waals surface area contributed by atoms with Gasteiger partial charge in [0.2, 0.25) is 0 Å². The molecular weight excluding hydrogens is 307 g/mol. The molecule has 0 bridgehead atoms. The highest BCUT2D eigenvalue weighted by molar-refractivity contribution is 6.30. The SMILES string of the molecule is COc1cc2c(Nc3ccc(Cl)cc3F)ccnc2cc1O. The molecule has 3 rings (SSSR count). The van der Waals surface area contributed by atoms with Crippen molar-refractivity contribution >= 4 is 33.9 Å². The predicted octanol–water partition coefficient (Wildman–Crippen LogP) is 4.49. The van der Waals surface area contributed by atoms with E-state index in [4.69, 9.17) is 16.3 Å². The van der Waals surface area contributed by atoms with Crippen LogP contribution in [0.4, 0.5) is 15.8 Å². The standard InChI is InChI=1S/C16H12ClFN2O2/c1-22-16-7-10-12(4-5-19-14(10)8-15(16)21)20-13-3-2-9(17)6-11(13)18/h2-8,21H,1H3,(H,19,20). The fraction of sp³-hybridized carbons (Fsp3) is 0.0625. The van der Waals surface area contributed by atoms with Crippen LogP contribution >= 0.6 is 11.6 Å². The van der Waals surface area contributed by atoms with Crippen LogP contribution in [0.2, 0.25) is 5.02 Å². The third-order valence-corrected chi connectivity index (χ3v) is 3.48. The molecule has 0 unspecified atom stereocenters. The first kappa shape index (κ1) is 14.4. The highest BCUT2D eigenvalue weighted by Crippen LogP contribution is 2.35. The van der Waals surface area contributed by atoms with E-state index in [9.17, 15) is 9.50 Å². The van der Waals surface area contributed by atoms with E-state index in [0.717, 1.165) is 0 Å². The lowest BCUT2D eigenvalue weighted by molar-refractivity contribution is 0.374. The van der Waals surface area contributed by atoms with Gasteiger partial charge in [-0.15, -0.1) is 0 Å². The van der Waals surface area contributed by atoms with Gasteiger partial charge in [0.1, 0.15) is 5.82 Å². The first-order valence-corrected chi connectivity index (χ1v) is 6.84. The molecule has 0 aliphatic heterocycles. The monoisotopic (exact) mass is 318 g/mol. The summed E-state index contributed by atoms with van der Waals surface area (Å²) in [6.07, 6.45) is 1.57. The number of anilines is 2. The van der Waals surface area contributed by atoms with Crippen molar-refractivity contribution in [1.29, 1.82) is 0 Å². The summed E-state index contributed by atoms with van der Waals surface area (Å²) < 4.78 is 19.0. The van der Waals surface area contributed by atoms with E-state index in [1.54, 1.807) is 30.5 Å². The van der Waals surface area contributed by atoms with Crippen LogP contribution in [0.1, 0.15) is 0 Å². The Balaban J connectivity index is 2.10. The molecule has 22 heavy (non-hydrogen) atoms. The van der Waals surface area contributed by atoms with E-state index in [1.807, 2.05) is 0 Å². The van der Waals surface area contributed by atoms with Crippen molar-refractivity contribution in [2.24, 2.45) is 0 Å². The highest BCUT2D eigenvalue weighted by Gasteiger charge is 2.10. The Labute approximate surface area is 131 Å². The normalized spacial score (nSPS) is 10.7. The Hall–Kier alpha value is -2.53. The summed E-state index contributed by atoms with van der Waals surface area (Å²) in [7, 11) is 1.46. The zero-order chi connectivity index (χ0) is 15.7. The molecule has 0 aliphatic rings. The van der Waals surface area contributed by atoms with Crippen LogP contribution in [-0.2, 0) is 0 Å². The molecule has 2 N–H and O–H groups in total. The molecule has 0 saturated carbocycles. The Bertz CT molecular complexity index is 855. The number of phenols is 1. The van der Waals surface area contributed by atoms with Crippen LogP contribution in [0.15, 0.2) is 42.6 Å². The lowest BCUT2D eigenvalue weighted by Crippen LogP contribution is -1.96. The van der Waals surface area contributed by atoms with Gasteiger partial charge in [-0.1, -0.05) is 11.6 Å². The molecule has 0 fully saturated rings. The van der Waals surface area contributed by atoms with Gasteiger partial charge < -0.3 is 15.2 Å². The van der Waals surface area contributed by atoms with Gasteiger partial charge in [-0.2, -0.15) is 0 Å². The number of methoxy groups -OCH3 is 1. The number of nitrogens with zero attached hydrogens (tertiary/aromatic N) is 1. The minimum atomic E-state index is -0.455. The Morgan fingerprint density at radius 2 is 2.00 bits per heavy atom. The number of nitrogens with one attached hydrogen (secondary N) is 1.